The van der Waals surface area contributed by atoms with Gasteiger partial charge in [-0.2, -0.15) is 0 Å². The maximum Gasteiger partial charge on any atom is 0.339 e. The zero-order valence-corrected chi connectivity index (χ0v) is 15.4. The highest BCUT2D eigenvalue weighted by Gasteiger charge is 2.25. The standard InChI is InChI=1S/C19H21N3O6/c1-13(18(23)20-12-15-5-4-10-27-15)28-19(24)14-6-7-16(17(11-14)22(25)26)21-8-2-3-9-21/h4-7,10-11,13H,2-3,8-9,12H2,1H3,(H,20,23)/t13-/m0/s1. The lowest BCUT2D eigenvalue weighted by Gasteiger charge is -2.18. The average Bonchev–Trinajstić information content (AvgIpc) is 3.39. The summed E-state index contributed by atoms with van der Waals surface area (Å²) >= 11 is 0. The van der Waals surface area contributed by atoms with Crippen LogP contribution in [0, 0.1) is 10.1 Å². The van der Waals surface area contributed by atoms with Crippen molar-refractivity contribution in [3.8, 4) is 0 Å². The van der Waals surface area contributed by atoms with Crippen LogP contribution < -0.4 is 10.2 Å². The van der Waals surface area contributed by atoms with Crippen LogP contribution in [0.4, 0.5) is 11.4 Å². The molecule has 9 heteroatoms. The first kappa shape index (κ1) is 19.4. The number of hydrogen-bond acceptors (Lipinski definition) is 7. The molecule has 1 saturated heterocycles. The number of benzene rings is 1. The quantitative estimate of drug-likeness (QED) is 0.441. The second-order valence-corrected chi connectivity index (χ2v) is 6.50. The van der Waals surface area contributed by atoms with E-state index in [9.17, 15) is 19.7 Å². The van der Waals surface area contributed by atoms with Crippen LogP contribution in [0.5, 0.6) is 0 Å². The minimum Gasteiger partial charge on any atom is -0.467 e. The van der Waals surface area contributed by atoms with Crippen LogP contribution in [-0.4, -0.2) is 36.0 Å². The second-order valence-electron chi connectivity index (χ2n) is 6.50. The van der Waals surface area contributed by atoms with Gasteiger partial charge in [-0.3, -0.25) is 14.9 Å². The summed E-state index contributed by atoms with van der Waals surface area (Å²) in [5, 5.41) is 14.0. The van der Waals surface area contributed by atoms with Crippen LogP contribution in [-0.2, 0) is 16.1 Å². The number of nitrogens with zero attached hydrogens (tertiary/aromatic N) is 2. The van der Waals surface area contributed by atoms with E-state index in [1.165, 1.54) is 25.3 Å². The first-order chi connectivity index (χ1) is 13.5. The number of carbonyl (C=O) groups is 2. The number of ether oxygens (including phenoxy) is 1. The molecule has 2 heterocycles. The van der Waals surface area contributed by atoms with Gasteiger partial charge in [0.2, 0.25) is 0 Å². The van der Waals surface area contributed by atoms with Gasteiger partial charge in [0.1, 0.15) is 11.4 Å². The monoisotopic (exact) mass is 387 g/mol. The number of nitrogens with one attached hydrogen (secondary N) is 1. The van der Waals surface area contributed by atoms with E-state index in [1.54, 1.807) is 18.2 Å². The first-order valence-electron chi connectivity index (χ1n) is 9.00. The Balaban J connectivity index is 1.65. The molecule has 1 fully saturated rings. The minimum absolute atomic E-state index is 0.0281. The van der Waals surface area contributed by atoms with Crippen molar-refractivity contribution in [2.75, 3.05) is 18.0 Å². The molecule has 0 bridgehead atoms. The van der Waals surface area contributed by atoms with Gasteiger partial charge in [-0.1, -0.05) is 0 Å². The number of nitro groups is 1. The molecule has 1 aromatic carbocycles. The predicted molar refractivity (Wildman–Crippen MR) is 100.0 cm³/mol. The molecule has 1 aliphatic heterocycles. The first-order valence-corrected chi connectivity index (χ1v) is 9.00. The molecule has 1 amide bonds. The van der Waals surface area contributed by atoms with E-state index in [0.29, 0.717) is 11.4 Å². The Morgan fingerprint density at radius 1 is 1.32 bits per heavy atom. The van der Waals surface area contributed by atoms with E-state index in [1.807, 2.05) is 4.90 Å². The van der Waals surface area contributed by atoms with Crippen LogP contribution in [0.25, 0.3) is 0 Å². The Hall–Kier alpha value is -3.36. The van der Waals surface area contributed by atoms with Crippen molar-refractivity contribution in [3.05, 3.63) is 58.0 Å². The molecule has 1 aromatic heterocycles. The third kappa shape index (κ3) is 4.48. The molecule has 0 unspecified atom stereocenters. The highest BCUT2D eigenvalue weighted by Crippen LogP contribution is 2.31. The fourth-order valence-corrected chi connectivity index (χ4v) is 3.04. The summed E-state index contributed by atoms with van der Waals surface area (Å²) in [6.45, 7) is 3.10. The van der Waals surface area contributed by atoms with Crippen LogP contribution in [0.2, 0.25) is 0 Å². The van der Waals surface area contributed by atoms with Gasteiger partial charge in [0.05, 0.1) is 23.3 Å². The fraction of sp³-hybridized carbons (Fsp3) is 0.368. The van der Waals surface area contributed by atoms with Crippen molar-refractivity contribution in [2.45, 2.75) is 32.4 Å². The molecule has 3 rings (SSSR count). The number of furan rings is 1. The summed E-state index contributed by atoms with van der Waals surface area (Å²) in [6.07, 6.45) is 2.39. The summed E-state index contributed by atoms with van der Waals surface area (Å²) in [7, 11) is 0. The zero-order valence-electron chi connectivity index (χ0n) is 15.4. The number of carbonyl (C=O) groups excluding carboxylic acids is 2. The predicted octanol–water partition coefficient (Wildman–Crippen LogP) is 2.65. The number of esters is 1. The maximum absolute atomic E-state index is 12.3. The Labute approximate surface area is 161 Å². The molecule has 1 N–H and O–H groups in total. The van der Waals surface area contributed by atoms with Gasteiger partial charge in [0.15, 0.2) is 6.10 Å². The molecule has 28 heavy (non-hydrogen) atoms. The maximum atomic E-state index is 12.3. The van der Waals surface area contributed by atoms with E-state index in [2.05, 4.69) is 5.32 Å². The number of amides is 1. The van der Waals surface area contributed by atoms with E-state index < -0.39 is 22.9 Å². The van der Waals surface area contributed by atoms with E-state index in [0.717, 1.165) is 25.9 Å². The van der Waals surface area contributed by atoms with Crippen molar-refractivity contribution in [1.82, 2.24) is 5.32 Å². The smallest absolute Gasteiger partial charge is 0.339 e. The minimum atomic E-state index is -1.06. The molecular formula is C19H21N3O6. The summed E-state index contributed by atoms with van der Waals surface area (Å²) in [5.74, 6) is -0.718. The molecule has 1 atom stereocenters. The summed E-state index contributed by atoms with van der Waals surface area (Å²) in [5.41, 5.74) is 0.370. The van der Waals surface area contributed by atoms with Gasteiger partial charge >= 0.3 is 5.97 Å². The van der Waals surface area contributed by atoms with Crippen molar-refractivity contribution in [2.24, 2.45) is 0 Å². The Bertz CT molecular complexity index is 859. The highest BCUT2D eigenvalue weighted by molar-refractivity contribution is 5.93. The summed E-state index contributed by atoms with van der Waals surface area (Å²) in [6, 6.07) is 7.64. The van der Waals surface area contributed by atoms with Crippen molar-refractivity contribution >= 4 is 23.3 Å². The Kier molecular flexibility index (Phi) is 5.93. The molecule has 2 aromatic rings. The van der Waals surface area contributed by atoms with Crippen molar-refractivity contribution in [1.29, 1.82) is 0 Å². The molecule has 0 saturated carbocycles. The molecule has 9 nitrogen and oxygen atoms in total. The topological polar surface area (TPSA) is 115 Å². The van der Waals surface area contributed by atoms with Gasteiger partial charge in [0.25, 0.3) is 11.6 Å². The Morgan fingerprint density at radius 3 is 2.71 bits per heavy atom. The number of rotatable bonds is 7. The fourth-order valence-electron chi connectivity index (χ4n) is 3.04. The second kappa shape index (κ2) is 8.55. The van der Waals surface area contributed by atoms with Crippen LogP contribution in [0.15, 0.2) is 41.0 Å². The average molecular weight is 387 g/mol. The van der Waals surface area contributed by atoms with Gasteiger partial charge in [0, 0.05) is 19.2 Å². The molecule has 148 valence electrons. The molecule has 0 radical (unpaired) electrons. The van der Waals surface area contributed by atoms with Crippen molar-refractivity contribution in [3.63, 3.8) is 0 Å². The molecule has 0 aliphatic carbocycles. The summed E-state index contributed by atoms with van der Waals surface area (Å²) < 4.78 is 10.3. The lowest BCUT2D eigenvalue weighted by Crippen LogP contribution is -2.35. The van der Waals surface area contributed by atoms with Gasteiger partial charge in [-0.05, 0) is 44.0 Å². The van der Waals surface area contributed by atoms with Crippen molar-refractivity contribution < 1.29 is 23.7 Å². The molecule has 1 aliphatic rings. The normalized spacial score (nSPS) is 14.5. The largest absolute Gasteiger partial charge is 0.467 e. The van der Waals surface area contributed by atoms with Gasteiger partial charge in [-0.25, -0.2) is 4.79 Å². The van der Waals surface area contributed by atoms with Crippen LogP contribution >= 0.6 is 0 Å². The van der Waals surface area contributed by atoms with E-state index in [-0.39, 0.29) is 17.8 Å². The van der Waals surface area contributed by atoms with Gasteiger partial charge < -0.3 is 19.4 Å². The van der Waals surface area contributed by atoms with E-state index in [4.69, 9.17) is 9.15 Å². The number of anilines is 1. The third-order valence-corrected chi connectivity index (χ3v) is 4.52. The van der Waals surface area contributed by atoms with E-state index >= 15 is 0 Å². The van der Waals surface area contributed by atoms with Crippen LogP contribution in [0.3, 0.4) is 0 Å². The number of hydrogen-bond donors (Lipinski definition) is 1. The molecule has 0 spiro atoms. The van der Waals surface area contributed by atoms with Gasteiger partial charge in [-0.15, -0.1) is 0 Å². The lowest BCUT2D eigenvalue weighted by atomic mass is 10.1. The summed E-state index contributed by atoms with van der Waals surface area (Å²) in [4.78, 5) is 37.3. The van der Waals surface area contributed by atoms with Crippen LogP contribution in [0.1, 0.15) is 35.9 Å². The number of nitro benzene ring substituents is 1. The highest BCUT2D eigenvalue weighted by atomic mass is 16.6. The zero-order chi connectivity index (χ0) is 20.1. The lowest BCUT2D eigenvalue weighted by molar-refractivity contribution is -0.384. The Morgan fingerprint density at radius 2 is 2.07 bits per heavy atom. The third-order valence-electron chi connectivity index (χ3n) is 4.52. The SMILES string of the molecule is C[C@H](OC(=O)c1ccc(N2CCCC2)c([N+](=O)[O-])c1)C(=O)NCc1ccco1. The molecular weight excluding hydrogens is 366 g/mol.